The number of para-hydroxylation sites is 1. The van der Waals surface area contributed by atoms with E-state index in [2.05, 4.69) is 38.2 Å². The van der Waals surface area contributed by atoms with Gasteiger partial charge in [0.25, 0.3) is 0 Å². The summed E-state index contributed by atoms with van der Waals surface area (Å²) in [6.45, 7) is 0. The first kappa shape index (κ1) is 29.4. The SMILES string of the molecule is N[C@@H](Cc1ccc(C(=O)O)cc1)[C@H](S)C(=O)N[C@@H](Cc1c[nH]c2ccccc12)C(=O)N[C@@H](Cc1cnc[nH]1)C(=O)O. The van der Waals surface area contributed by atoms with Crippen molar-refractivity contribution in [1.82, 2.24) is 25.6 Å². The van der Waals surface area contributed by atoms with Crippen LogP contribution in [0.3, 0.4) is 0 Å². The molecule has 0 aliphatic rings. The molecule has 4 aromatic rings. The summed E-state index contributed by atoms with van der Waals surface area (Å²) in [5, 5.41) is 23.9. The van der Waals surface area contributed by atoms with Gasteiger partial charge in [-0.15, -0.1) is 0 Å². The first-order valence-corrected chi connectivity index (χ1v) is 13.3. The van der Waals surface area contributed by atoms with Gasteiger partial charge in [0.05, 0.1) is 17.1 Å². The Balaban J connectivity index is 1.50. The van der Waals surface area contributed by atoms with Crippen molar-refractivity contribution in [3.8, 4) is 0 Å². The summed E-state index contributed by atoms with van der Waals surface area (Å²) in [5.74, 6) is -3.59. The van der Waals surface area contributed by atoms with Gasteiger partial charge < -0.3 is 36.5 Å². The van der Waals surface area contributed by atoms with E-state index < -0.39 is 47.1 Å². The number of nitrogens with zero attached hydrogens (tertiary/aromatic N) is 1. The van der Waals surface area contributed by atoms with Crippen LogP contribution < -0.4 is 16.4 Å². The summed E-state index contributed by atoms with van der Waals surface area (Å²) >= 11 is 4.41. The molecule has 2 aromatic carbocycles. The Morgan fingerprint density at radius 1 is 0.902 bits per heavy atom. The molecule has 0 radical (unpaired) electrons. The largest absolute Gasteiger partial charge is 0.480 e. The Bertz CT molecular complexity index is 1520. The first-order valence-electron chi connectivity index (χ1n) is 12.7. The van der Waals surface area contributed by atoms with Crippen LogP contribution in [0.15, 0.2) is 67.3 Å². The number of benzene rings is 2. The Kier molecular flexibility index (Phi) is 9.42. The van der Waals surface area contributed by atoms with Crippen molar-refractivity contribution in [1.29, 1.82) is 0 Å². The van der Waals surface area contributed by atoms with Crippen molar-refractivity contribution in [3.05, 3.63) is 89.6 Å². The predicted molar refractivity (Wildman–Crippen MR) is 154 cm³/mol. The van der Waals surface area contributed by atoms with Crippen molar-refractivity contribution >= 4 is 47.3 Å². The maximum Gasteiger partial charge on any atom is 0.335 e. The number of carbonyl (C=O) groups excluding carboxylic acids is 2. The van der Waals surface area contributed by atoms with E-state index in [1.807, 2.05) is 24.3 Å². The highest BCUT2D eigenvalue weighted by Gasteiger charge is 2.31. The Morgan fingerprint density at radius 3 is 2.27 bits per heavy atom. The molecule has 8 N–H and O–H groups in total. The van der Waals surface area contributed by atoms with Gasteiger partial charge >= 0.3 is 11.9 Å². The third-order valence-corrected chi connectivity index (χ3v) is 7.29. The van der Waals surface area contributed by atoms with Crippen LogP contribution in [0.4, 0.5) is 0 Å². The van der Waals surface area contributed by atoms with Crippen molar-refractivity contribution in [2.75, 3.05) is 0 Å². The molecule has 0 bridgehead atoms. The Labute approximate surface area is 240 Å². The predicted octanol–water partition coefficient (Wildman–Crippen LogP) is 1.30. The lowest BCUT2D eigenvalue weighted by molar-refractivity contribution is -0.142. The van der Waals surface area contributed by atoms with Gasteiger partial charge in [-0.3, -0.25) is 9.59 Å². The number of aromatic nitrogens is 3. The minimum absolute atomic E-state index is 0.0322. The van der Waals surface area contributed by atoms with E-state index in [-0.39, 0.29) is 24.8 Å². The lowest BCUT2D eigenvalue weighted by Gasteiger charge is -2.24. The number of rotatable bonds is 13. The van der Waals surface area contributed by atoms with E-state index in [1.54, 1.807) is 18.3 Å². The monoisotopic (exact) mass is 578 g/mol. The highest BCUT2D eigenvalue weighted by atomic mass is 32.1. The van der Waals surface area contributed by atoms with Gasteiger partial charge in [0.15, 0.2) is 0 Å². The highest BCUT2D eigenvalue weighted by molar-refractivity contribution is 7.81. The number of nitrogens with one attached hydrogen (secondary N) is 4. The molecule has 4 rings (SSSR count). The quantitative estimate of drug-likeness (QED) is 0.108. The number of aromatic amines is 2. The second-order valence-electron chi connectivity index (χ2n) is 9.62. The standard InChI is InChI=1S/C28H30N6O6S/c29-20(9-15-5-7-16(8-6-15)27(37)38)24(41)26(36)33-22(10-17-12-31-21-4-2-1-3-19(17)21)25(35)34-23(28(39)40)11-18-13-30-14-32-18/h1-8,12-14,20,22-24,31,41H,9-11,29H2,(H,30,32)(H,33,36)(H,34,35)(H,37,38)(H,39,40)/t20-,22-,23-,24-/m0/s1. The maximum absolute atomic E-state index is 13.4. The smallest absolute Gasteiger partial charge is 0.335 e. The van der Waals surface area contributed by atoms with Gasteiger partial charge in [-0.1, -0.05) is 30.3 Å². The minimum Gasteiger partial charge on any atom is -0.480 e. The third kappa shape index (κ3) is 7.52. The zero-order valence-electron chi connectivity index (χ0n) is 21.8. The van der Waals surface area contributed by atoms with Crippen LogP contribution in [-0.2, 0) is 33.6 Å². The fourth-order valence-corrected chi connectivity index (χ4v) is 4.62. The van der Waals surface area contributed by atoms with Crippen LogP contribution in [0.25, 0.3) is 10.9 Å². The fourth-order valence-electron chi connectivity index (χ4n) is 4.44. The maximum atomic E-state index is 13.4. The Hall–Kier alpha value is -4.62. The molecular formula is C28H30N6O6S. The van der Waals surface area contributed by atoms with Crippen molar-refractivity contribution in [2.24, 2.45) is 5.73 Å². The fraction of sp³-hybridized carbons (Fsp3) is 0.250. The number of hydrogen-bond acceptors (Lipinski definition) is 7. The number of aliphatic carboxylic acids is 1. The molecule has 2 amide bonds. The number of carbonyl (C=O) groups is 4. The molecule has 0 aliphatic heterocycles. The number of fused-ring (bicyclic) bond motifs is 1. The number of imidazole rings is 1. The molecule has 0 saturated heterocycles. The van der Waals surface area contributed by atoms with Crippen LogP contribution >= 0.6 is 12.6 Å². The molecular weight excluding hydrogens is 548 g/mol. The molecule has 2 heterocycles. The second-order valence-corrected chi connectivity index (χ2v) is 10.2. The van der Waals surface area contributed by atoms with Gasteiger partial charge in [-0.05, 0) is 35.7 Å². The number of carboxylic acids is 2. The summed E-state index contributed by atoms with van der Waals surface area (Å²) in [5.41, 5.74) is 9.22. The van der Waals surface area contributed by atoms with Crippen LogP contribution in [0.2, 0.25) is 0 Å². The average molecular weight is 579 g/mol. The third-order valence-electron chi connectivity index (χ3n) is 6.67. The molecule has 214 valence electrons. The summed E-state index contributed by atoms with van der Waals surface area (Å²) in [4.78, 5) is 59.5. The topological polar surface area (TPSA) is 203 Å². The Morgan fingerprint density at radius 2 is 1.61 bits per heavy atom. The molecule has 2 aromatic heterocycles. The van der Waals surface area contributed by atoms with E-state index in [1.165, 1.54) is 24.7 Å². The molecule has 41 heavy (non-hydrogen) atoms. The lowest BCUT2D eigenvalue weighted by Crippen LogP contribution is -2.55. The number of hydrogen-bond donors (Lipinski definition) is 8. The normalized spacial score (nSPS) is 14.1. The van der Waals surface area contributed by atoms with E-state index in [0.29, 0.717) is 11.3 Å². The molecule has 0 fully saturated rings. The molecule has 0 spiro atoms. The molecule has 4 atom stereocenters. The van der Waals surface area contributed by atoms with Crippen molar-refractivity contribution in [2.45, 2.75) is 42.6 Å². The number of carboxylic acid groups (broad SMARTS) is 2. The second kappa shape index (κ2) is 13.2. The molecule has 0 aliphatic carbocycles. The van der Waals surface area contributed by atoms with Gasteiger partial charge in [0.2, 0.25) is 11.8 Å². The zero-order chi connectivity index (χ0) is 29.5. The first-order chi connectivity index (χ1) is 19.6. The van der Waals surface area contributed by atoms with Gasteiger partial charge in [0, 0.05) is 47.9 Å². The average Bonchev–Trinajstić information content (AvgIpc) is 3.62. The highest BCUT2D eigenvalue weighted by Crippen LogP contribution is 2.20. The van der Waals surface area contributed by atoms with Gasteiger partial charge in [-0.25, -0.2) is 14.6 Å². The number of aromatic carboxylic acids is 1. The van der Waals surface area contributed by atoms with Gasteiger partial charge in [-0.2, -0.15) is 12.6 Å². The summed E-state index contributed by atoms with van der Waals surface area (Å²) < 4.78 is 0. The number of amides is 2. The number of H-pyrrole nitrogens is 2. The summed E-state index contributed by atoms with van der Waals surface area (Å²) in [7, 11) is 0. The van der Waals surface area contributed by atoms with Crippen molar-refractivity contribution < 1.29 is 29.4 Å². The van der Waals surface area contributed by atoms with Crippen molar-refractivity contribution in [3.63, 3.8) is 0 Å². The van der Waals surface area contributed by atoms with E-state index in [0.717, 1.165) is 16.5 Å². The van der Waals surface area contributed by atoms with Gasteiger partial charge in [0.1, 0.15) is 12.1 Å². The van der Waals surface area contributed by atoms with E-state index >= 15 is 0 Å². The number of nitrogens with two attached hydrogens (primary N) is 1. The van der Waals surface area contributed by atoms with Crippen LogP contribution in [0, 0.1) is 0 Å². The molecule has 13 heteroatoms. The summed E-state index contributed by atoms with van der Waals surface area (Å²) in [6.07, 6.45) is 4.88. The lowest BCUT2D eigenvalue weighted by atomic mass is 10.0. The molecule has 0 unspecified atom stereocenters. The van der Waals surface area contributed by atoms with E-state index in [4.69, 9.17) is 10.8 Å². The van der Waals surface area contributed by atoms with Crippen LogP contribution in [0.5, 0.6) is 0 Å². The van der Waals surface area contributed by atoms with Crippen LogP contribution in [0.1, 0.15) is 27.2 Å². The molecule has 12 nitrogen and oxygen atoms in total. The molecule has 0 saturated carbocycles. The summed E-state index contributed by atoms with van der Waals surface area (Å²) in [6, 6.07) is 10.4. The van der Waals surface area contributed by atoms with Crippen LogP contribution in [-0.4, -0.2) is 72.3 Å². The minimum atomic E-state index is -1.27. The van der Waals surface area contributed by atoms with E-state index in [9.17, 15) is 24.3 Å². The zero-order valence-corrected chi connectivity index (χ0v) is 22.7. The number of thiol groups is 1.